The van der Waals surface area contributed by atoms with Crippen LogP contribution in [0.5, 0.6) is 0 Å². The van der Waals surface area contributed by atoms with Crippen LogP contribution in [0.1, 0.15) is 6.42 Å². The van der Waals surface area contributed by atoms with Gasteiger partial charge in [0.05, 0.1) is 12.6 Å². The van der Waals surface area contributed by atoms with E-state index in [1.54, 1.807) is 4.90 Å². The van der Waals surface area contributed by atoms with Crippen molar-refractivity contribution in [2.75, 3.05) is 32.5 Å². The molecule has 1 saturated heterocycles. The van der Waals surface area contributed by atoms with Crippen LogP contribution >= 0.6 is 0 Å². The molecular formula is C17H22N4O. The summed E-state index contributed by atoms with van der Waals surface area (Å²) in [5.74, 6) is 0.0857. The minimum absolute atomic E-state index is 0.00781. The smallest absolute Gasteiger partial charge is 0.237 e. The van der Waals surface area contributed by atoms with Crippen molar-refractivity contribution in [2.24, 2.45) is 5.92 Å². The van der Waals surface area contributed by atoms with Gasteiger partial charge in [0.2, 0.25) is 5.91 Å². The Labute approximate surface area is 131 Å². The first kappa shape index (κ1) is 16.1. The molecule has 5 heteroatoms. The van der Waals surface area contributed by atoms with Crippen molar-refractivity contribution >= 4 is 11.6 Å². The highest BCUT2D eigenvalue weighted by atomic mass is 16.2. The van der Waals surface area contributed by atoms with E-state index in [0.29, 0.717) is 19.5 Å². The Bertz CT molecular complexity index is 576. The average Bonchev–Trinajstić information content (AvgIpc) is 2.92. The molecule has 1 aliphatic heterocycles. The number of carbonyl (C=O) groups excluding carboxylic acids is 1. The number of amides is 1. The highest BCUT2D eigenvalue weighted by molar-refractivity contribution is 5.79. The van der Waals surface area contributed by atoms with Crippen LogP contribution in [0.2, 0.25) is 0 Å². The van der Waals surface area contributed by atoms with Gasteiger partial charge in [-0.2, -0.15) is 5.26 Å². The van der Waals surface area contributed by atoms with E-state index in [0.717, 1.165) is 11.4 Å². The zero-order valence-corrected chi connectivity index (χ0v) is 13.1. The van der Waals surface area contributed by atoms with E-state index in [2.05, 4.69) is 18.0 Å². The van der Waals surface area contributed by atoms with Gasteiger partial charge in [0, 0.05) is 23.8 Å². The number of likely N-dealkylation sites (N-methyl/N-ethyl adjacent to an activating group) is 1. The average molecular weight is 298 g/mol. The quantitative estimate of drug-likeness (QED) is 0.902. The third kappa shape index (κ3) is 3.86. The van der Waals surface area contributed by atoms with Crippen LogP contribution < -0.4 is 5.32 Å². The molecule has 1 N–H and O–H groups in total. The Balaban J connectivity index is 2.00. The van der Waals surface area contributed by atoms with E-state index < -0.39 is 0 Å². The SMILES string of the molecule is C=C(Nc1ccccc1)C1CC(C#N)N(C(=O)CN(C)C)C1. The number of rotatable bonds is 5. The van der Waals surface area contributed by atoms with Gasteiger partial charge in [0.25, 0.3) is 0 Å². The van der Waals surface area contributed by atoms with Crippen molar-refractivity contribution in [2.45, 2.75) is 12.5 Å². The van der Waals surface area contributed by atoms with E-state index >= 15 is 0 Å². The summed E-state index contributed by atoms with van der Waals surface area (Å²) in [5.41, 5.74) is 1.82. The van der Waals surface area contributed by atoms with E-state index in [-0.39, 0.29) is 17.9 Å². The molecule has 1 aromatic carbocycles. The number of nitriles is 1. The van der Waals surface area contributed by atoms with Crippen LogP contribution in [0.25, 0.3) is 0 Å². The Hall–Kier alpha value is -2.32. The summed E-state index contributed by atoms with van der Waals surface area (Å²) in [6, 6.07) is 11.7. The number of anilines is 1. The van der Waals surface area contributed by atoms with E-state index in [1.807, 2.05) is 49.3 Å². The van der Waals surface area contributed by atoms with Gasteiger partial charge in [-0.05, 0) is 32.6 Å². The lowest BCUT2D eigenvalue weighted by atomic mass is 10.0. The first-order valence-corrected chi connectivity index (χ1v) is 7.36. The highest BCUT2D eigenvalue weighted by Gasteiger charge is 2.36. The molecule has 1 fully saturated rings. The molecule has 5 nitrogen and oxygen atoms in total. The monoisotopic (exact) mass is 298 g/mol. The third-order valence-corrected chi connectivity index (χ3v) is 3.79. The third-order valence-electron chi connectivity index (χ3n) is 3.79. The normalized spacial score (nSPS) is 20.7. The molecular weight excluding hydrogens is 276 g/mol. The molecule has 1 aliphatic rings. The number of nitrogens with one attached hydrogen (secondary N) is 1. The summed E-state index contributed by atoms with van der Waals surface area (Å²) >= 11 is 0. The number of hydrogen-bond acceptors (Lipinski definition) is 4. The maximum atomic E-state index is 12.2. The van der Waals surface area contributed by atoms with Crippen molar-refractivity contribution in [3.63, 3.8) is 0 Å². The number of carbonyl (C=O) groups is 1. The van der Waals surface area contributed by atoms with Gasteiger partial charge in [0.15, 0.2) is 0 Å². The molecule has 1 amide bonds. The minimum atomic E-state index is -0.369. The lowest BCUT2D eigenvalue weighted by Gasteiger charge is -2.22. The van der Waals surface area contributed by atoms with Crippen molar-refractivity contribution in [1.29, 1.82) is 5.26 Å². The Morgan fingerprint density at radius 1 is 1.45 bits per heavy atom. The second kappa shape index (κ2) is 7.10. The van der Waals surface area contributed by atoms with Crippen LogP contribution in [0, 0.1) is 17.2 Å². The lowest BCUT2D eigenvalue weighted by Crippen LogP contribution is -2.40. The van der Waals surface area contributed by atoms with E-state index in [1.165, 1.54) is 0 Å². The lowest BCUT2D eigenvalue weighted by molar-refractivity contribution is -0.131. The predicted octanol–water partition coefficient (Wildman–Crippen LogP) is 1.91. The molecule has 1 heterocycles. The van der Waals surface area contributed by atoms with Crippen LogP contribution in [0.3, 0.4) is 0 Å². The first-order chi connectivity index (χ1) is 10.5. The van der Waals surface area contributed by atoms with E-state index in [4.69, 9.17) is 0 Å². The number of hydrogen-bond donors (Lipinski definition) is 1. The Morgan fingerprint density at radius 2 is 2.14 bits per heavy atom. The molecule has 0 saturated carbocycles. The second-order valence-corrected chi connectivity index (χ2v) is 5.88. The van der Waals surface area contributed by atoms with Crippen molar-refractivity contribution in [3.05, 3.63) is 42.6 Å². The van der Waals surface area contributed by atoms with Gasteiger partial charge >= 0.3 is 0 Å². The van der Waals surface area contributed by atoms with Crippen LogP contribution in [-0.4, -0.2) is 48.9 Å². The summed E-state index contributed by atoms with van der Waals surface area (Å²) < 4.78 is 0. The van der Waals surface area contributed by atoms with Gasteiger partial charge in [-0.25, -0.2) is 0 Å². The molecule has 2 atom stereocenters. The summed E-state index contributed by atoms with van der Waals surface area (Å²) in [5, 5.41) is 12.6. The molecule has 22 heavy (non-hydrogen) atoms. The summed E-state index contributed by atoms with van der Waals surface area (Å²) in [4.78, 5) is 15.7. The van der Waals surface area contributed by atoms with Gasteiger partial charge in [0.1, 0.15) is 6.04 Å². The van der Waals surface area contributed by atoms with Crippen molar-refractivity contribution in [1.82, 2.24) is 9.80 Å². The molecule has 1 aromatic rings. The molecule has 0 radical (unpaired) electrons. The second-order valence-electron chi connectivity index (χ2n) is 5.88. The molecule has 116 valence electrons. The fourth-order valence-corrected chi connectivity index (χ4v) is 2.66. The van der Waals surface area contributed by atoms with Gasteiger partial charge in [-0.3, -0.25) is 4.79 Å². The molecule has 0 spiro atoms. The molecule has 2 rings (SSSR count). The number of likely N-dealkylation sites (tertiary alicyclic amines) is 1. The molecule has 0 aromatic heterocycles. The van der Waals surface area contributed by atoms with Crippen LogP contribution in [-0.2, 0) is 4.79 Å². The molecule has 0 bridgehead atoms. The van der Waals surface area contributed by atoms with Crippen LogP contribution in [0.15, 0.2) is 42.6 Å². The summed E-state index contributed by atoms with van der Waals surface area (Å²) in [6.07, 6.45) is 0.633. The number of benzene rings is 1. The van der Waals surface area contributed by atoms with E-state index in [9.17, 15) is 10.1 Å². The molecule has 0 aliphatic carbocycles. The van der Waals surface area contributed by atoms with Gasteiger partial charge in [-0.1, -0.05) is 24.8 Å². The topological polar surface area (TPSA) is 59.4 Å². The summed E-state index contributed by atoms with van der Waals surface area (Å²) in [7, 11) is 3.70. The predicted molar refractivity (Wildman–Crippen MR) is 87.0 cm³/mol. The fourth-order valence-electron chi connectivity index (χ4n) is 2.66. The largest absolute Gasteiger partial charge is 0.359 e. The zero-order valence-electron chi connectivity index (χ0n) is 13.1. The Morgan fingerprint density at radius 3 is 2.73 bits per heavy atom. The van der Waals surface area contributed by atoms with Crippen LogP contribution in [0.4, 0.5) is 5.69 Å². The summed E-state index contributed by atoms with van der Waals surface area (Å²) in [6.45, 7) is 4.95. The standard InChI is InChI=1S/C17H22N4O/c1-13(19-15-7-5-4-6-8-15)14-9-16(10-18)21(11-14)17(22)12-20(2)3/h4-8,14,16,19H,1,9,11-12H2,2-3H3. The maximum Gasteiger partial charge on any atom is 0.237 e. The zero-order chi connectivity index (χ0) is 16.1. The first-order valence-electron chi connectivity index (χ1n) is 7.36. The van der Waals surface area contributed by atoms with Crippen molar-refractivity contribution in [3.8, 4) is 6.07 Å². The minimum Gasteiger partial charge on any atom is -0.359 e. The van der Waals surface area contributed by atoms with Gasteiger partial charge < -0.3 is 15.1 Å². The van der Waals surface area contributed by atoms with Gasteiger partial charge in [-0.15, -0.1) is 0 Å². The number of para-hydroxylation sites is 1. The Kier molecular flexibility index (Phi) is 5.18. The fraction of sp³-hybridized carbons (Fsp3) is 0.412. The highest BCUT2D eigenvalue weighted by Crippen LogP contribution is 2.28. The molecule has 2 unspecified atom stereocenters. The maximum absolute atomic E-state index is 12.2. The number of nitrogens with zero attached hydrogens (tertiary/aromatic N) is 3. The van der Waals surface area contributed by atoms with Crippen molar-refractivity contribution < 1.29 is 4.79 Å².